The number of likely N-dealkylation sites (tertiary alicyclic amines) is 1. The van der Waals surface area contributed by atoms with Crippen LogP contribution < -0.4 is 0 Å². The maximum Gasteiger partial charge on any atom is 0.420 e. The molecule has 0 radical (unpaired) electrons. The van der Waals surface area contributed by atoms with Gasteiger partial charge in [0.05, 0.1) is 5.56 Å². The monoisotopic (exact) mass is 305 g/mol. The molecule has 4 rings (SSSR count). The van der Waals surface area contributed by atoms with E-state index in [0.29, 0.717) is 6.54 Å². The number of fused-ring (bicyclic) bond motifs is 1. The van der Waals surface area contributed by atoms with E-state index >= 15 is 0 Å². The summed E-state index contributed by atoms with van der Waals surface area (Å²) in [7, 11) is 0. The zero-order valence-electron chi connectivity index (χ0n) is 13.2. The SMILES string of the molecule is O=C1c2ccccc2C=[N+]1Cc1ccccc1CN1CCCC1. The zero-order chi connectivity index (χ0) is 15.6. The Labute approximate surface area is 136 Å². The Bertz CT molecular complexity index is 773. The van der Waals surface area contributed by atoms with Crippen molar-refractivity contribution in [3.63, 3.8) is 0 Å². The Hall–Kier alpha value is -2.26. The minimum Gasteiger partial charge on any atom is -0.299 e. The van der Waals surface area contributed by atoms with Crippen molar-refractivity contribution >= 4 is 12.1 Å². The third-order valence-corrected chi connectivity index (χ3v) is 4.80. The largest absolute Gasteiger partial charge is 0.420 e. The van der Waals surface area contributed by atoms with E-state index in [1.807, 2.05) is 35.1 Å². The van der Waals surface area contributed by atoms with Crippen LogP contribution >= 0.6 is 0 Å². The van der Waals surface area contributed by atoms with Crippen LogP contribution in [0.25, 0.3) is 0 Å². The molecule has 0 aromatic heterocycles. The van der Waals surface area contributed by atoms with Crippen molar-refractivity contribution in [1.82, 2.24) is 4.90 Å². The van der Waals surface area contributed by atoms with Gasteiger partial charge < -0.3 is 0 Å². The Morgan fingerprint density at radius 1 is 0.913 bits per heavy atom. The highest BCUT2D eigenvalue weighted by Gasteiger charge is 2.30. The molecule has 0 unspecified atom stereocenters. The van der Waals surface area contributed by atoms with Crippen LogP contribution in [0.3, 0.4) is 0 Å². The van der Waals surface area contributed by atoms with Gasteiger partial charge in [-0.15, -0.1) is 0 Å². The topological polar surface area (TPSA) is 23.3 Å². The smallest absolute Gasteiger partial charge is 0.299 e. The van der Waals surface area contributed by atoms with Gasteiger partial charge in [-0.05, 0) is 43.6 Å². The predicted octanol–water partition coefficient (Wildman–Crippen LogP) is 3.07. The van der Waals surface area contributed by atoms with Crippen molar-refractivity contribution in [2.24, 2.45) is 0 Å². The predicted molar refractivity (Wildman–Crippen MR) is 90.9 cm³/mol. The summed E-state index contributed by atoms with van der Waals surface area (Å²) in [6.07, 6.45) is 4.58. The molecule has 2 aromatic rings. The molecule has 2 aliphatic heterocycles. The lowest BCUT2D eigenvalue weighted by molar-refractivity contribution is -0.437. The van der Waals surface area contributed by atoms with Gasteiger partial charge in [0.1, 0.15) is 5.56 Å². The fraction of sp³-hybridized carbons (Fsp3) is 0.300. The van der Waals surface area contributed by atoms with Gasteiger partial charge in [0.25, 0.3) is 0 Å². The first-order valence-electron chi connectivity index (χ1n) is 8.35. The van der Waals surface area contributed by atoms with Crippen molar-refractivity contribution in [3.05, 3.63) is 70.8 Å². The molecular weight excluding hydrogens is 284 g/mol. The highest BCUT2D eigenvalue weighted by atomic mass is 16.2. The molecule has 3 nitrogen and oxygen atoms in total. The van der Waals surface area contributed by atoms with E-state index in [9.17, 15) is 4.79 Å². The number of nitrogens with zero attached hydrogens (tertiary/aromatic N) is 2. The molecule has 2 aliphatic rings. The van der Waals surface area contributed by atoms with Crippen LogP contribution in [0, 0.1) is 0 Å². The molecule has 0 atom stereocenters. The molecular formula is C20H21N2O+. The first-order valence-corrected chi connectivity index (χ1v) is 8.35. The third-order valence-electron chi connectivity index (χ3n) is 4.80. The first-order chi connectivity index (χ1) is 11.3. The van der Waals surface area contributed by atoms with Crippen molar-refractivity contribution in [1.29, 1.82) is 0 Å². The molecule has 3 heteroatoms. The van der Waals surface area contributed by atoms with E-state index in [1.54, 1.807) is 0 Å². The molecule has 0 saturated carbocycles. The molecule has 0 spiro atoms. The fourth-order valence-electron chi connectivity index (χ4n) is 3.53. The lowest BCUT2D eigenvalue weighted by Crippen LogP contribution is -2.21. The molecule has 2 heterocycles. The second kappa shape index (κ2) is 6.09. The molecule has 23 heavy (non-hydrogen) atoms. The lowest BCUT2D eigenvalue weighted by Gasteiger charge is -2.16. The first kappa shape index (κ1) is 14.3. The quantitative estimate of drug-likeness (QED) is 0.811. The van der Waals surface area contributed by atoms with E-state index in [1.165, 1.54) is 37.1 Å². The Morgan fingerprint density at radius 3 is 2.39 bits per heavy atom. The van der Waals surface area contributed by atoms with Crippen LogP contribution in [0.5, 0.6) is 0 Å². The summed E-state index contributed by atoms with van der Waals surface area (Å²) < 4.78 is 1.84. The zero-order valence-corrected chi connectivity index (χ0v) is 13.2. The number of hydrogen-bond donors (Lipinski definition) is 0. The van der Waals surface area contributed by atoms with Gasteiger partial charge in [-0.1, -0.05) is 36.4 Å². The number of carbonyl (C=O) groups excluding carboxylic acids is 1. The van der Waals surface area contributed by atoms with Gasteiger partial charge in [0.15, 0.2) is 12.8 Å². The van der Waals surface area contributed by atoms with Crippen LogP contribution in [0.4, 0.5) is 0 Å². The lowest BCUT2D eigenvalue weighted by atomic mass is 10.1. The van der Waals surface area contributed by atoms with Crippen LogP contribution in [-0.4, -0.2) is 34.7 Å². The molecule has 1 saturated heterocycles. The van der Waals surface area contributed by atoms with Crippen molar-refractivity contribution in [3.8, 4) is 0 Å². The number of benzene rings is 2. The summed E-state index contributed by atoms with van der Waals surface area (Å²) in [5.41, 5.74) is 4.42. The second-order valence-electron chi connectivity index (χ2n) is 6.40. The van der Waals surface area contributed by atoms with Gasteiger partial charge in [-0.3, -0.25) is 4.90 Å². The maximum atomic E-state index is 12.5. The average molecular weight is 305 g/mol. The number of rotatable bonds is 4. The van der Waals surface area contributed by atoms with Gasteiger partial charge in [-0.2, -0.15) is 4.58 Å². The molecule has 0 N–H and O–H groups in total. The summed E-state index contributed by atoms with van der Waals surface area (Å²) in [6, 6.07) is 16.3. The van der Waals surface area contributed by atoms with Gasteiger partial charge in [-0.25, -0.2) is 4.79 Å². The Balaban J connectivity index is 1.57. The van der Waals surface area contributed by atoms with Crippen molar-refractivity contribution in [2.45, 2.75) is 25.9 Å². The summed E-state index contributed by atoms with van der Waals surface area (Å²) in [4.78, 5) is 15.0. The van der Waals surface area contributed by atoms with Crippen LogP contribution in [0.15, 0.2) is 48.5 Å². The summed E-state index contributed by atoms with van der Waals surface area (Å²) >= 11 is 0. The number of amides is 1. The minimum absolute atomic E-state index is 0.108. The molecule has 0 bridgehead atoms. The molecule has 2 aromatic carbocycles. The molecule has 0 aliphatic carbocycles. The minimum atomic E-state index is 0.108. The fourth-order valence-corrected chi connectivity index (χ4v) is 3.53. The van der Waals surface area contributed by atoms with E-state index in [-0.39, 0.29) is 5.91 Å². The van der Waals surface area contributed by atoms with Gasteiger partial charge in [0.2, 0.25) is 0 Å². The summed E-state index contributed by atoms with van der Waals surface area (Å²) in [5, 5.41) is 0. The molecule has 1 amide bonds. The highest BCUT2D eigenvalue weighted by molar-refractivity contribution is 6.04. The standard InChI is InChI=1S/C20H21N2O/c23-20-19-10-4-3-9-18(19)15-22(20)14-17-8-2-1-7-16(17)13-21-11-5-6-12-21/h1-4,7-10,15H,5-6,11-14H2/q+1. The Kier molecular flexibility index (Phi) is 3.80. The average Bonchev–Trinajstić information content (AvgIpc) is 3.19. The van der Waals surface area contributed by atoms with Crippen LogP contribution in [0.2, 0.25) is 0 Å². The normalized spacial score (nSPS) is 17.4. The second-order valence-corrected chi connectivity index (χ2v) is 6.40. The maximum absolute atomic E-state index is 12.5. The highest BCUT2D eigenvalue weighted by Crippen LogP contribution is 2.20. The summed E-state index contributed by atoms with van der Waals surface area (Å²) in [5.74, 6) is 0.108. The van der Waals surface area contributed by atoms with Crippen molar-refractivity contribution < 1.29 is 9.37 Å². The van der Waals surface area contributed by atoms with Gasteiger partial charge >= 0.3 is 5.91 Å². The van der Waals surface area contributed by atoms with Crippen LogP contribution in [0.1, 0.15) is 39.9 Å². The van der Waals surface area contributed by atoms with E-state index < -0.39 is 0 Å². The molecule has 1 fully saturated rings. The Morgan fingerprint density at radius 2 is 1.61 bits per heavy atom. The van der Waals surface area contributed by atoms with Crippen LogP contribution in [-0.2, 0) is 13.1 Å². The van der Waals surface area contributed by atoms with Gasteiger partial charge in [0, 0.05) is 12.1 Å². The number of carbonyl (C=O) groups is 1. The third kappa shape index (κ3) is 2.84. The van der Waals surface area contributed by atoms with Crippen molar-refractivity contribution in [2.75, 3.05) is 13.1 Å². The number of hydrogen-bond acceptors (Lipinski definition) is 2. The van der Waals surface area contributed by atoms with E-state index in [4.69, 9.17) is 0 Å². The van der Waals surface area contributed by atoms with E-state index in [2.05, 4.69) is 29.2 Å². The van der Waals surface area contributed by atoms with E-state index in [0.717, 1.165) is 17.7 Å². The summed E-state index contributed by atoms with van der Waals surface area (Å²) in [6.45, 7) is 4.02. The molecule has 116 valence electrons.